The van der Waals surface area contributed by atoms with Gasteiger partial charge in [0, 0.05) is 5.01 Å². The van der Waals surface area contributed by atoms with E-state index < -0.39 is 11.1 Å². The summed E-state index contributed by atoms with van der Waals surface area (Å²) in [5.41, 5.74) is 1.13. The Morgan fingerprint density at radius 3 is 2.44 bits per heavy atom. The molecule has 0 bridgehead atoms. The normalized spacial score (nSPS) is 9.62. The number of benzene rings is 1. The smallest absolute Gasteiger partial charge is 0.446 e. The molecule has 0 spiro atoms. The Bertz CT molecular complexity index is 388. The van der Waals surface area contributed by atoms with E-state index in [4.69, 9.17) is 0 Å². The first-order chi connectivity index (χ1) is 7.56. The third-order valence-corrected chi connectivity index (χ3v) is 1.88. The van der Waals surface area contributed by atoms with Gasteiger partial charge in [0.15, 0.2) is 5.03 Å². The number of hydrogen-bond acceptors (Lipinski definition) is 4. The maximum atomic E-state index is 11.3. The zero-order chi connectivity index (χ0) is 12.1. The van der Waals surface area contributed by atoms with Crippen LogP contribution in [0.4, 0.5) is 10.5 Å². The van der Waals surface area contributed by atoms with Crippen LogP contribution in [0, 0.1) is 17.0 Å². The second-order valence-corrected chi connectivity index (χ2v) is 3.08. The summed E-state index contributed by atoms with van der Waals surface area (Å²) in [6.45, 7) is 3.53. The Labute approximate surface area is 92.5 Å². The Hall–Kier alpha value is -2.11. The van der Waals surface area contributed by atoms with Crippen LogP contribution in [0.25, 0.3) is 0 Å². The molecule has 16 heavy (non-hydrogen) atoms. The molecular weight excluding hydrogens is 212 g/mol. The number of hydrazine groups is 1. The summed E-state index contributed by atoms with van der Waals surface area (Å²) in [6.07, 6.45) is -0.989. The monoisotopic (exact) mass is 224 g/mol. The van der Waals surface area contributed by atoms with Gasteiger partial charge in [-0.2, -0.15) is 0 Å². The highest BCUT2D eigenvalue weighted by Gasteiger charge is 2.27. The van der Waals surface area contributed by atoms with Gasteiger partial charge in [-0.25, -0.2) is 14.9 Å². The second kappa shape index (κ2) is 5.11. The Balaban J connectivity index is 2.98. The third kappa shape index (κ3) is 2.69. The molecule has 86 valence electrons. The lowest BCUT2D eigenvalue weighted by Crippen LogP contribution is -2.36. The first-order valence-electron chi connectivity index (χ1n) is 4.74. The number of nitrogens with zero attached hydrogens (tertiary/aromatic N) is 2. The molecule has 0 N–H and O–H groups in total. The minimum atomic E-state index is -0.989. The molecule has 1 rings (SSSR count). The van der Waals surface area contributed by atoms with Crippen molar-refractivity contribution >= 4 is 11.8 Å². The van der Waals surface area contributed by atoms with Crippen LogP contribution in [0.3, 0.4) is 0 Å². The highest BCUT2D eigenvalue weighted by molar-refractivity contribution is 5.84. The highest BCUT2D eigenvalue weighted by Crippen LogP contribution is 2.16. The number of ether oxygens (including phenoxy) is 1. The van der Waals surface area contributed by atoms with E-state index in [1.54, 1.807) is 19.1 Å². The van der Waals surface area contributed by atoms with E-state index in [1.807, 2.05) is 6.92 Å². The standard InChI is InChI=1S/C10H12N2O4/c1-3-16-10(13)11(12(14)15)9-6-4-8(2)5-7-9/h4-7H,3H2,1-2H3. The van der Waals surface area contributed by atoms with Crippen molar-refractivity contribution in [1.29, 1.82) is 0 Å². The summed E-state index contributed by atoms with van der Waals surface area (Å²) in [7, 11) is 0. The molecule has 0 saturated heterocycles. The number of aryl methyl sites for hydroxylation is 1. The fourth-order valence-electron chi connectivity index (χ4n) is 1.14. The SMILES string of the molecule is CCOC(=O)N(c1ccc(C)cc1)[N+](=O)[O-]. The highest BCUT2D eigenvalue weighted by atomic mass is 16.7. The van der Waals surface area contributed by atoms with Crippen LogP contribution >= 0.6 is 0 Å². The lowest BCUT2D eigenvalue weighted by Gasteiger charge is -2.11. The van der Waals surface area contributed by atoms with Crippen molar-refractivity contribution in [2.45, 2.75) is 13.8 Å². The van der Waals surface area contributed by atoms with E-state index in [1.165, 1.54) is 12.1 Å². The predicted molar refractivity (Wildman–Crippen MR) is 57.7 cm³/mol. The van der Waals surface area contributed by atoms with Crippen LogP contribution in [0.15, 0.2) is 24.3 Å². The fraction of sp³-hybridized carbons (Fsp3) is 0.300. The Morgan fingerprint density at radius 2 is 2.00 bits per heavy atom. The van der Waals surface area contributed by atoms with Crippen molar-refractivity contribution < 1.29 is 14.6 Å². The van der Waals surface area contributed by atoms with E-state index in [9.17, 15) is 14.9 Å². The molecule has 0 aliphatic heterocycles. The van der Waals surface area contributed by atoms with Gasteiger partial charge in [-0.05, 0) is 26.0 Å². The van der Waals surface area contributed by atoms with Crippen molar-refractivity contribution in [1.82, 2.24) is 0 Å². The van der Waals surface area contributed by atoms with Gasteiger partial charge in [0.25, 0.3) is 0 Å². The van der Waals surface area contributed by atoms with Gasteiger partial charge in [-0.3, -0.25) is 0 Å². The average molecular weight is 224 g/mol. The number of carbonyl (C=O) groups is 1. The molecule has 0 radical (unpaired) electrons. The summed E-state index contributed by atoms with van der Waals surface area (Å²) in [5.74, 6) is 0. The van der Waals surface area contributed by atoms with Gasteiger partial charge < -0.3 is 4.74 Å². The lowest BCUT2D eigenvalue weighted by atomic mass is 10.2. The molecule has 0 fully saturated rings. The van der Waals surface area contributed by atoms with Crippen molar-refractivity contribution in [3.05, 3.63) is 39.9 Å². The van der Waals surface area contributed by atoms with Gasteiger partial charge in [0.05, 0.1) is 6.61 Å². The number of nitro groups is 1. The van der Waals surface area contributed by atoms with E-state index in [-0.39, 0.29) is 12.3 Å². The summed E-state index contributed by atoms with van der Waals surface area (Å²) in [5, 5.41) is 10.3. The first-order valence-corrected chi connectivity index (χ1v) is 4.74. The van der Waals surface area contributed by atoms with Crippen LogP contribution in [0.2, 0.25) is 0 Å². The van der Waals surface area contributed by atoms with E-state index in [2.05, 4.69) is 4.74 Å². The number of hydrogen-bond donors (Lipinski definition) is 0. The van der Waals surface area contributed by atoms with Gasteiger partial charge in [-0.15, -0.1) is 0 Å². The largest absolute Gasteiger partial charge is 0.473 e. The predicted octanol–water partition coefficient (Wildman–Crippen LogP) is 2.15. The summed E-state index contributed by atoms with van der Waals surface area (Å²) < 4.78 is 4.60. The average Bonchev–Trinajstić information content (AvgIpc) is 2.21. The topological polar surface area (TPSA) is 72.7 Å². The number of carbonyl (C=O) groups excluding carboxylic acids is 1. The summed E-state index contributed by atoms with van der Waals surface area (Å²) in [4.78, 5) is 22.1. The quantitative estimate of drug-likeness (QED) is 0.582. The minimum Gasteiger partial charge on any atom is -0.446 e. The molecule has 1 aromatic rings. The van der Waals surface area contributed by atoms with Crippen LogP contribution in [-0.2, 0) is 4.74 Å². The fourth-order valence-corrected chi connectivity index (χ4v) is 1.14. The van der Waals surface area contributed by atoms with Gasteiger partial charge >= 0.3 is 6.09 Å². The van der Waals surface area contributed by atoms with Crippen molar-refractivity contribution in [2.24, 2.45) is 0 Å². The van der Waals surface area contributed by atoms with Gasteiger partial charge in [-0.1, -0.05) is 17.7 Å². The lowest BCUT2D eigenvalue weighted by molar-refractivity contribution is -0.483. The molecule has 1 amide bonds. The maximum Gasteiger partial charge on any atom is 0.473 e. The molecule has 6 nitrogen and oxygen atoms in total. The zero-order valence-electron chi connectivity index (χ0n) is 9.04. The van der Waals surface area contributed by atoms with Crippen molar-refractivity contribution in [3.8, 4) is 0 Å². The molecule has 0 aliphatic carbocycles. The number of amides is 1. The van der Waals surface area contributed by atoms with Crippen LogP contribution in [-0.4, -0.2) is 17.7 Å². The van der Waals surface area contributed by atoms with Gasteiger partial charge in [0.1, 0.15) is 5.69 Å². The molecular formula is C10H12N2O4. The Morgan fingerprint density at radius 1 is 1.44 bits per heavy atom. The molecule has 0 aromatic heterocycles. The van der Waals surface area contributed by atoms with E-state index in [0.717, 1.165) is 5.56 Å². The van der Waals surface area contributed by atoms with Crippen LogP contribution in [0.5, 0.6) is 0 Å². The maximum absolute atomic E-state index is 11.3. The minimum absolute atomic E-state index is 0.0923. The molecule has 0 atom stereocenters. The van der Waals surface area contributed by atoms with Crippen molar-refractivity contribution in [2.75, 3.05) is 11.6 Å². The van der Waals surface area contributed by atoms with Gasteiger partial charge in [0.2, 0.25) is 0 Å². The summed E-state index contributed by atoms with van der Waals surface area (Å²) >= 11 is 0. The number of anilines is 1. The van der Waals surface area contributed by atoms with E-state index >= 15 is 0 Å². The molecule has 1 aromatic carbocycles. The van der Waals surface area contributed by atoms with Crippen molar-refractivity contribution in [3.63, 3.8) is 0 Å². The van der Waals surface area contributed by atoms with Crippen LogP contribution < -0.4 is 5.01 Å². The first kappa shape index (κ1) is 12.0. The van der Waals surface area contributed by atoms with Crippen LogP contribution in [0.1, 0.15) is 12.5 Å². The molecule has 0 aliphatic rings. The van der Waals surface area contributed by atoms with E-state index in [0.29, 0.717) is 5.01 Å². The molecule has 0 heterocycles. The summed E-state index contributed by atoms with van der Waals surface area (Å²) in [6, 6.07) is 6.36. The molecule has 0 saturated carbocycles. The third-order valence-electron chi connectivity index (χ3n) is 1.88. The molecule has 6 heteroatoms. The Kier molecular flexibility index (Phi) is 3.82. The zero-order valence-corrected chi connectivity index (χ0v) is 9.04. The molecule has 0 unspecified atom stereocenters. The number of rotatable bonds is 3. The second-order valence-electron chi connectivity index (χ2n) is 3.08.